The van der Waals surface area contributed by atoms with Crippen molar-refractivity contribution in [3.63, 3.8) is 0 Å². The van der Waals surface area contributed by atoms with Gasteiger partial charge in [-0.15, -0.1) is 0 Å². The average Bonchev–Trinajstić information content (AvgIpc) is 2.36. The molecule has 0 radical (unpaired) electrons. The van der Waals surface area contributed by atoms with Crippen LogP contribution in [0.5, 0.6) is 0 Å². The zero-order valence-electron chi connectivity index (χ0n) is 12.8. The lowest BCUT2D eigenvalue weighted by molar-refractivity contribution is -0.385. The summed E-state index contributed by atoms with van der Waals surface area (Å²) in [6.07, 6.45) is 2.43. The SMILES string of the molecule is CNC(Cc1ccc(S(C)(=O)=O)cc1[N+](=O)[O-])CC(C)C. The van der Waals surface area contributed by atoms with E-state index in [1.54, 1.807) is 6.07 Å². The fourth-order valence-corrected chi connectivity index (χ4v) is 2.90. The molecule has 0 saturated carbocycles. The fraction of sp³-hybridized carbons (Fsp3) is 0.571. The van der Waals surface area contributed by atoms with E-state index in [4.69, 9.17) is 0 Å². The van der Waals surface area contributed by atoms with Gasteiger partial charge in [-0.05, 0) is 31.9 Å². The highest BCUT2D eigenvalue weighted by Gasteiger charge is 2.21. The smallest absolute Gasteiger partial charge is 0.273 e. The molecule has 1 N–H and O–H groups in total. The van der Waals surface area contributed by atoms with Gasteiger partial charge in [0, 0.05) is 23.9 Å². The van der Waals surface area contributed by atoms with Crippen LogP contribution in [-0.4, -0.2) is 32.7 Å². The number of nitro groups is 1. The Morgan fingerprint density at radius 1 is 1.33 bits per heavy atom. The van der Waals surface area contributed by atoms with Crippen molar-refractivity contribution in [2.24, 2.45) is 5.92 Å². The van der Waals surface area contributed by atoms with Crippen LogP contribution in [0.4, 0.5) is 5.69 Å². The summed E-state index contributed by atoms with van der Waals surface area (Å²) in [7, 11) is -1.63. The van der Waals surface area contributed by atoms with E-state index >= 15 is 0 Å². The minimum atomic E-state index is -3.45. The Labute approximate surface area is 125 Å². The second-order valence-corrected chi connectivity index (χ2v) is 7.65. The normalized spacial score (nSPS) is 13.4. The zero-order chi connectivity index (χ0) is 16.2. The molecule has 21 heavy (non-hydrogen) atoms. The molecule has 1 aromatic rings. The van der Waals surface area contributed by atoms with E-state index in [-0.39, 0.29) is 16.6 Å². The van der Waals surface area contributed by atoms with Crippen LogP contribution in [0.2, 0.25) is 0 Å². The van der Waals surface area contributed by atoms with Crippen molar-refractivity contribution < 1.29 is 13.3 Å². The molecule has 0 saturated heterocycles. The molecule has 1 rings (SSSR count). The Kier molecular flexibility index (Phi) is 5.86. The first-order valence-electron chi connectivity index (χ1n) is 6.79. The van der Waals surface area contributed by atoms with Crippen LogP contribution in [0, 0.1) is 16.0 Å². The van der Waals surface area contributed by atoms with E-state index in [1.165, 1.54) is 6.07 Å². The summed E-state index contributed by atoms with van der Waals surface area (Å²) in [6, 6.07) is 4.24. The highest BCUT2D eigenvalue weighted by atomic mass is 32.2. The number of hydrogen-bond donors (Lipinski definition) is 1. The number of nitrogens with one attached hydrogen (secondary N) is 1. The molecule has 0 spiro atoms. The summed E-state index contributed by atoms with van der Waals surface area (Å²) in [6.45, 7) is 4.18. The van der Waals surface area contributed by atoms with Gasteiger partial charge in [-0.3, -0.25) is 10.1 Å². The van der Waals surface area contributed by atoms with Gasteiger partial charge in [-0.2, -0.15) is 0 Å². The Balaban J connectivity index is 3.15. The van der Waals surface area contributed by atoms with Crippen LogP contribution < -0.4 is 5.32 Å². The Hall–Kier alpha value is -1.47. The summed E-state index contributed by atoms with van der Waals surface area (Å²) in [5.74, 6) is 0.469. The number of hydrogen-bond acceptors (Lipinski definition) is 5. The van der Waals surface area contributed by atoms with Crippen molar-refractivity contribution in [3.05, 3.63) is 33.9 Å². The number of rotatable bonds is 7. The summed E-state index contributed by atoms with van der Waals surface area (Å²) in [5.41, 5.74) is 0.411. The number of likely N-dealkylation sites (N-methyl/N-ethyl adjacent to an activating group) is 1. The van der Waals surface area contributed by atoms with E-state index in [0.29, 0.717) is 17.9 Å². The molecular formula is C14H22N2O4S. The van der Waals surface area contributed by atoms with E-state index in [2.05, 4.69) is 19.2 Å². The van der Waals surface area contributed by atoms with Crippen molar-refractivity contribution in [1.29, 1.82) is 0 Å². The maximum atomic E-state index is 11.5. The zero-order valence-corrected chi connectivity index (χ0v) is 13.6. The molecule has 0 aliphatic heterocycles. The largest absolute Gasteiger partial charge is 0.317 e. The summed E-state index contributed by atoms with van der Waals surface area (Å²) in [4.78, 5) is 10.6. The quantitative estimate of drug-likeness (QED) is 0.615. The maximum absolute atomic E-state index is 11.5. The van der Waals surface area contributed by atoms with E-state index in [9.17, 15) is 18.5 Å². The lowest BCUT2D eigenvalue weighted by Crippen LogP contribution is -2.29. The third-order valence-electron chi connectivity index (χ3n) is 3.31. The Bertz CT molecular complexity index is 611. The Morgan fingerprint density at radius 2 is 1.95 bits per heavy atom. The van der Waals surface area contributed by atoms with Crippen molar-refractivity contribution in [2.45, 2.75) is 37.6 Å². The van der Waals surface area contributed by atoms with Crippen LogP contribution in [0.1, 0.15) is 25.8 Å². The van der Waals surface area contributed by atoms with Gasteiger partial charge in [-0.1, -0.05) is 19.9 Å². The van der Waals surface area contributed by atoms with Crippen molar-refractivity contribution in [1.82, 2.24) is 5.32 Å². The highest BCUT2D eigenvalue weighted by molar-refractivity contribution is 7.90. The van der Waals surface area contributed by atoms with Gasteiger partial charge in [0.15, 0.2) is 9.84 Å². The fourth-order valence-electron chi connectivity index (χ4n) is 2.25. The van der Waals surface area contributed by atoms with Gasteiger partial charge < -0.3 is 5.32 Å². The van der Waals surface area contributed by atoms with Crippen molar-refractivity contribution in [3.8, 4) is 0 Å². The molecule has 0 aliphatic rings. The first kappa shape index (κ1) is 17.6. The predicted molar refractivity (Wildman–Crippen MR) is 82.2 cm³/mol. The minimum absolute atomic E-state index is 0.0252. The minimum Gasteiger partial charge on any atom is -0.317 e. The molecule has 0 heterocycles. The summed E-state index contributed by atoms with van der Waals surface area (Å²) >= 11 is 0. The predicted octanol–water partition coefficient (Wildman–Crippen LogP) is 2.17. The van der Waals surface area contributed by atoms with Gasteiger partial charge >= 0.3 is 0 Å². The standard InChI is InChI=1S/C14H22N2O4S/c1-10(2)7-12(15-3)8-11-5-6-13(21(4,19)20)9-14(11)16(17)18/h5-6,9-10,12,15H,7-8H2,1-4H3. The number of sulfone groups is 1. The van der Waals surface area contributed by atoms with Gasteiger partial charge in [0.1, 0.15) is 0 Å². The number of benzene rings is 1. The lowest BCUT2D eigenvalue weighted by Gasteiger charge is -2.18. The van der Waals surface area contributed by atoms with E-state index < -0.39 is 14.8 Å². The summed E-state index contributed by atoms with van der Waals surface area (Å²) < 4.78 is 23.0. The second-order valence-electron chi connectivity index (χ2n) is 5.64. The molecule has 118 valence electrons. The van der Waals surface area contributed by atoms with Crippen molar-refractivity contribution >= 4 is 15.5 Å². The Morgan fingerprint density at radius 3 is 2.38 bits per heavy atom. The van der Waals surface area contributed by atoms with Gasteiger partial charge in [0.2, 0.25) is 0 Å². The van der Waals surface area contributed by atoms with Gasteiger partial charge in [-0.25, -0.2) is 8.42 Å². The molecule has 0 bridgehead atoms. The van der Waals surface area contributed by atoms with Crippen molar-refractivity contribution in [2.75, 3.05) is 13.3 Å². The van der Waals surface area contributed by atoms with E-state index in [1.807, 2.05) is 7.05 Å². The topological polar surface area (TPSA) is 89.3 Å². The molecule has 1 atom stereocenters. The van der Waals surface area contributed by atoms with Gasteiger partial charge in [0.25, 0.3) is 5.69 Å². The van der Waals surface area contributed by atoms with Crippen LogP contribution in [-0.2, 0) is 16.3 Å². The van der Waals surface area contributed by atoms with Crippen LogP contribution in [0.15, 0.2) is 23.1 Å². The first-order chi connectivity index (χ1) is 9.65. The molecule has 7 heteroatoms. The molecular weight excluding hydrogens is 292 g/mol. The number of nitro benzene ring substituents is 1. The molecule has 0 amide bonds. The molecule has 1 unspecified atom stereocenters. The second kappa shape index (κ2) is 7.00. The average molecular weight is 314 g/mol. The van der Waals surface area contributed by atoms with Gasteiger partial charge in [0.05, 0.1) is 9.82 Å². The molecule has 0 aliphatic carbocycles. The molecule has 0 aromatic heterocycles. The van der Waals surface area contributed by atoms with Crippen LogP contribution in [0.25, 0.3) is 0 Å². The summed E-state index contributed by atoms with van der Waals surface area (Å²) in [5, 5.41) is 14.3. The van der Waals surface area contributed by atoms with Crippen LogP contribution >= 0.6 is 0 Å². The first-order valence-corrected chi connectivity index (χ1v) is 8.69. The lowest BCUT2D eigenvalue weighted by atomic mass is 9.96. The number of nitrogens with zero attached hydrogens (tertiary/aromatic N) is 1. The monoisotopic (exact) mass is 314 g/mol. The molecule has 6 nitrogen and oxygen atoms in total. The van der Waals surface area contributed by atoms with E-state index in [0.717, 1.165) is 18.7 Å². The third kappa shape index (κ3) is 5.09. The maximum Gasteiger partial charge on any atom is 0.273 e. The third-order valence-corrected chi connectivity index (χ3v) is 4.42. The van der Waals surface area contributed by atoms with Crippen LogP contribution in [0.3, 0.4) is 0 Å². The molecule has 0 fully saturated rings. The highest BCUT2D eigenvalue weighted by Crippen LogP contribution is 2.25. The molecule has 1 aromatic carbocycles.